The van der Waals surface area contributed by atoms with Crippen LogP contribution in [-0.2, 0) is 7.05 Å². The Hall–Kier alpha value is -2.64. The second kappa shape index (κ2) is 5.04. The second-order valence-electron chi connectivity index (χ2n) is 5.12. The maximum absolute atomic E-state index is 12.6. The van der Waals surface area contributed by atoms with Crippen molar-refractivity contribution >= 4 is 11.2 Å². The fourth-order valence-corrected chi connectivity index (χ4v) is 2.38. The molecule has 3 aromatic rings. The minimum absolute atomic E-state index is 0.140. The molecule has 3 aromatic heterocycles. The van der Waals surface area contributed by atoms with Crippen molar-refractivity contribution in [3.05, 3.63) is 41.2 Å². The van der Waals surface area contributed by atoms with Gasteiger partial charge in [0.2, 0.25) is 0 Å². The minimum Gasteiger partial charge on any atom is -0.286 e. The third-order valence-electron chi connectivity index (χ3n) is 3.36. The summed E-state index contributed by atoms with van der Waals surface area (Å²) >= 11 is 0. The summed E-state index contributed by atoms with van der Waals surface area (Å²) in [5.41, 5.74) is 0.377. The van der Waals surface area contributed by atoms with Gasteiger partial charge in [0.15, 0.2) is 11.2 Å². The molecule has 0 aliphatic rings. The fourth-order valence-electron chi connectivity index (χ4n) is 2.38. The van der Waals surface area contributed by atoms with E-state index in [-0.39, 0.29) is 23.0 Å². The number of aryl methyl sites for hydroxylation is 1. The largest absolute Gasteiger partial charge is 0.286 e. The Morgan fingerprint density at radius 1 is 1.10 bits per heavy atom. The Morgan fingerprint density at radius 3 is 2.52 bits per heavy atom. The topological polar surface area (TPSA) is 91.4 Å². The highest BCUT2D eigenvalue weighted by atomic mass is 16.1. The summed E-state index contributed by atoms with van der Waals surface area (Å²) in [6, 6.07) is -0.260. The molecule has 21 heavy (non-hydrogen) atoms. The van der Waals surface area contributed by atoms with Gasteiger partial charge in [-0.15, -0.1) is 0 Å². The van der Waals surface area contributed by atoms with E-state index < -0.39 is 0 Å². The number of aromatic nitrogens is 7. The molecule has 0 unspecified atom stereocenters. The van der Waals surface area contributed by atoms with E-state index in [4.69, 9.17) is 0 Å². The average molecular weight is 285 g/mol. The Balaban J connectivity index is 2.24. The highest BCUT2D eigenvalue weighted by Gasteiger charge is 2.24. The van der Waals surface area contributed by atoms with Crippen LogP contribution in [0.4, 0.5) is 0 Å². The summed E-state index contributed by atoms with van der Waals surface area (Å²) in [6.45, 7) is 4.04. The maximum atomic E-state index is 12.6. The van der Waals surface area contributed by atoms with Crippen LogP contribution in [0.5, 0.6) is 0 Å². The van der Waals surface area contributed by atoms with Gasteiger partial charge in [0, 0.05) is 19.4 Å². The smallest absolute Gasteiger partial charge is 0.282 e. The molecular formula is C13H15N7O. The molecule has 0 aromatic carbocycles. The van der Waals surface area contributed by atoms with Crippen molar-refractivity contribution in [3.63, 3.8) is 0 Å². The molecule has 0 saturated heterocycles. The number of hydrogen-bond donors (Lipinski definition) is 0. The van der Waals surface area contributed by atoms with Crippen molar-refractivity contribution in [1.82, 2.24) is 34.3 Å². The normalized spacial score (nSPS) is 13.0. The zero-order chi connectivity index (χ0) is 15.0. The summed E-state index contributed by atoms with van der Waals surface area (Å²) in [4.78, 5) is 29.3. The quantitative estimate of drug-likeness (QED) is 0.698. The van der Waals surface area contributed by atoms with E-state index in [0.29, 0.717) is 11.5 Å². The highest BCUT2D eigenvalue weighted by Crippen LogP contribution is 2.22. The molecule has 0 amide bonds. The van der Waals surface area contributed by atoms with Crippen LogP contribution in [0.1, 0.15) is 25.7 Å². The molecular weight excluding hydrogens is 270 g/mol. The molecule has 0 radical (unpaired) electrons. The molecule has 108 valence electrons. The summed E-state index contributed by atoms with van der Waals surface area (Å²) in [5, 5.41) is 4.08. The van der Waals surface area contributed by atoms with Crippen molar-refractivity contribution < 1.29 is 0 Å². The van der Waals surface area contributed by atoms with E-state index in [0.717, 1.165) is 0 Å². The van der Waals surface area contributed by atoms with Crippen LogP contribution in [0.3, 0.4) is 0 Å². The van der Waals surface area contributed by atoms with E-state index in [2.05, 4.69) is 25.0 Å². The van der Waals surface area contributed by atoms with Crippen LogP contribution in [0.2, 0.25) is 0 Å². The number of rotatable bonds is 3. The van der Waals surface area contributed by atoms with E-state index in [9.17, 15) is 4.79 Å². The van der Waals surface area contributed by atoms with Crippen molar-refractivity contribution in [2.24, 2.45) is 13.0 Å². The third-order valence-corrected chi connectivity index (χ3v) is 3.36. The van der Waals surface area contributed by atoms with Crippen LogP contribution >= 0.6 is 0 Å². The van der Waals surface area contributed by atoms with E-state index in [1.165, 1.54) is 25.0 Å². The van der Waals surface area contributed by atoms with Crippen molar-refractivity contribution in [2.45, 2.75) is 19.9 Å². The van der Waals surface area contributed by atoms with Gasteiger partial charge < -0.3 is 0 Å². The minimum atomic E-state index is -0.260. The second-order valence-corrected chi connectivity index (χ2v) is 5.12. The van der Waals surface area contributed by atoms with Gasteiger partial charge in [-0.05, 0) is 5.92 Å². The Bertz CT molecular complexity index is 836. The zero-order valence-corrected chi connectivity index (χ0v) is 12.0. The van der Waals surface area contributed by atoms with Gasteiger partial charge in [-0.3, -0.25) is 14.0 Å². The summed E-state index contributed by atoms with van der Waals surface area (Å²) in [6.07, 6.45) is 5.98. The molecule has 0 aliphatic heterocycles. The van der Waals surface area contributed by atoms with Crippen molar-refractivity contribution in [2.75, 3.05) is 0 Å². The Labute approximate surface area is 120 Å². The monoisotopic (exact) mass is 285 g/mol. The van der Waals surface area contributed by atoms with Gasteiger partial charge in [-0.2, -0.15) is 5.10 Å². The van der Waals surface area contributed by atoms with Gasteiger partial charge >= 0.3 is 0 Å². The molecule has 3 heterocycles. The first-order valence-corrected chi connectivity index (χ1v) is 6.61. The average Bonchev–Trinajstić information content (AvgIpc) is 2.88. The van der Waals surface area contributed by atoms with Gasteiger partial charge in [0.25, 0.3) is 5.56 Å². The number of nitrogens with zero attached hydrogens (tertiary/aromatic N) is 7. The lowest BCUT2D eigenvalue weighted by Gasteiger charge is -2.22. The van der Waals surface area contributed by atoms with Crippen LogP contribution in [0, 0.1) is 5.92 Å². The van der Waals surface area contributed by atoms with E-state index >= 15 is 0 Å². The van der Waals surface area contributed by atoms with Gasteiger partial charge in [-0.25, -0.2) is 19.9 Å². The predicted octanol–water partition coefficient (Wildman–Crippen LogP) is 0.560. The lowest BCUT2D eigenvalue weighted by Crippen LogP contribution is -2.31. The Kier molecular flexibility index (Phi) is 3.20. The van der Waals surface area contributed by atoms with Gasteiger partial charge in [0.1, 0.15) is 18.5 Å². The predicted molar refractivity (Wildman–Crippen MR) is 75.6 cm³/mol. The lowest BCUT2D eigenvalue weighted by atomic mass is 10.0. The molecule has 3 rings (SSSR count). The first kappa shape index (κ1) is 13.3. The van der Waals surface area contributed by atoms with Crippen LogP contribution in [0.25, 0.3) is 11.2 Å². The summed E-state index contributed by atoms with van der Waals surface area (Å²) < 4.78 is 3.21. The fraction of sp³-hybridized carbons (Fsp3) is 0.385. The van der Waals surface area contributed by atoms with Gasteiger partial charge in [0.05, 0.1) is 6.04 Å². The zero-order valence-electron chi connectivity index (χ0n) is 12.0. The SMILES string of the molecule is CC(C)[C@H](c1ncnn1C)n1cnc2nccnc2c1=O. The van der Waals surface area contributed by atoms with Crippen molar-refractivity contribution in [1.29, 1.82) is 0 Å². The van der Waals surface area contributed by atoms with Crippen molar-refractivity contribution in [3.8, 4) is 0 Å². The molecule has 0 aliphatic carbocycles. The number of fused-ring (bicyclic) bond motifs is 1. The van der Waals surface area contributed by atoms with Crippen LogP contribution in [-0.4, -0.2) is 34.3 Å². The molecule has 0 saturated carbocycles. The van der Waals surface area contributed by atoms with Crippen LogP contribution < -0.4 is 5.56 Å². The van der Waals surface area contributed by atoms with E-state index in [1.807, 2.05) is 13.8 Å². The molecule has 8 heteroatoms. The third kappa shape index (κ3) is 2.18. The van der Waals surface area contributed by atoms with E-state index in [1.54, 1.807) is 16.3 Å². The number of hydrogen-bond acceptors (Lipinski definition) is 6. The molecule has 0 spiro atoms. The standard InChI is InChI=1S/C13H15N7O/c1-8(2)10(12-16-6-18-19(12)3)20-7-17-11-9(13(20)21)14-4-5-15-11/h4-8,10H,1-3H3/t10-/m1/s1. The molecule has 8 nitrogen and oxygen atoms in total. The Morgan fingerprint density at radius 2 is 1.86 bits per heavy atom. The molecule has 0 N–H and O–H groups in total. The molecule has 0 bridgehead atoms. The molecule has 1 atom stereocenters. The summed E-state index contributed by atoms with van der Waals surface area (Å²) in [7, 11) is 1.80. The van der Waals surface area contributed by atoms with Crippen LogP contribution in [0.15, 0.2) is 29.8 Å². The first-order chi connectivity index (χ1) is 10.1. The lowest BCUT2D eigenvalue weighted by molar-refractivity contribution is 0.391. The molecule has 0 fully saturated rings. The maximum Gasteiger partial charge on any atom is 0.282 e. The van der Waals surface area contributed by atoms with Gasteiger partial charge in [-0.1, -0.05) is 13.8 Å². The first-order valence-electron chi connectivity index (χ1n) is 6.61. The highest BCUT2D eigenvalue weighted by molar-refractivity contribution is 5.67. The summed E-state index contributed by atoms with van der Waals surface area (Å²) in [5.74, 6) is 0.846.